The Bertz CT molecular complexity index is 470. The summed E-state index contributed by atoms with van der Waals surface area (Å²) in [5.74, 6) is 1.52. The maximum atomic E-state index is 2.62. The minimum Gasteiger partial charge on any atom is -0.0908 e. The average Bonchev–Trinajstić information content (AvgIpc) is 2.37. The minimum atomic E-state index is -1.46. The van der Waals surface area contributed by atoms with E-state index in [-0.39, 0.29) is 0 Å². The van der Waals surface area contributed by atoms with Gasteiger partial charge in [-0.25, -0.2) is 0 Å². The molecule has 3 atom stereocenters. The van der Waals surface area contributed by atoms with Gasteiger partial charge in [0.05, 0.1) is 7.59 Å². The predicted molar refractivity (Wildman–Crippen MR) is 96.9 cm³/mol. The first-order chi connectivity index (χ1) is 9.30. The molecule has 1 aromatic carbocycles. The van der Waals surface area contributed by atoms with Crippen molar-refractivity contribution in [3.63, 3.8) is 0 Å². The van der Waals surface area contributed by atoms with Crippen molar-refractivity contribution < 1.29 is 0 Å². The Hall–Kier alpha value is -0.606. The van der Waals surface area contributed by atoms with Crippen molar-refractivity contribution in [1.82, 2.24) is 0 Å². The molecule has 1 aliphatic rings. The lowest BCUT2D eigenvalue weighted by Crippen LogP contribution is -2.70. The van der Waals surface area contributed by atoms with Gasteiger partial charge in [0.15, 0.2) is 0 Å². The molecule has 110 valence electrons. The molecule has 0 amide bonds. The minimum absolute atomic E-state index is 0.738. The van der Waals surface area contributed by atoms with Gasteiger partial charge in [-0.3, -0.25) is 0 Å². The van der Waals surface area contributed by atoms with E-state index in [2.05, 4.69) is 82.9 Å². The first-order valence-corrected chi connectivity index (χ1v) is 14.8. The molecule has 20 heavy (non-hydrogen) atoms. The van der Waals surface area contributed by atoms with Crippen LogP contribution in [-0.4, -0.2) is 15.2 Å². The summed E-state index contributed by atoms with van der Waals surface area (Å²) in [6, 6.07) is 12.9. The van der Waals surface area contributed by atoms with Crippen LogP contribution in [0.4, 0.5) is 0 Å². The molecule has 0 aliphatic carbocycles. The smallest absolute Gasteiger partial charge is 0.0870 e. The fraction of sp³-hybridized carbons (Fsp3) is 0.556. The SMILES string of the molecule is CC(C)[C@H]1[C@H](C)C=CC[Si@@]1(c1ccccc1)[Si](C)(C)C. The molecular weight excluding hydrogens is 272 g/mol. The standard InChI is InChI=1S/C18H30Si2/c1-15(2)18-16(3)11-10-14-20(18,19(4,5)6)17-12-8-7-9-13-17/h7-13,15-16,18H,14H2,1-6H3/t16-,18+,20+/m1/s1. The van der Waals surface area contributed by atoms with Crippen LogP contribution in [0.25, 0.3) is 0 Å². The van der Waals surface area contributed by atoms with Crippen molar-refractivity contribution in [3.05, 3.63) is 42.5 Å². The number of hydrogen-bond donors (Lipinski definition) is 0. The summed E-state index contributed by atoms with van der Waals surface area (Å²) in [6.07, 6.45) is 5.00. The molecule has 0 fully saturated rings. The Morgan fingerprint density at radius 2 is 1.70 bits per heavy atom. The van der Waals surface area contributed by atoms with Crippen LogP contribution in [0.5, 0.6) is 0 Å². The number of hydrogen-bond acceptors (Lipinski definition) is 0. The highest BCUT2D eigenvalue weighted by Crippen LogP contribution is 2.47. The van der Waals surface area contributed by atoms with E-state index in [1.165, 1.54) is 6.04 Å². The van der Waals surface area contributed by atoms with Gasteiger partial charge in [0, 0.05) is 7.59 Å². The molecule has 0 N–H and O–H groups in total. The van der Waals surface area contributed by atoms with Crippen LogP contribution in [-0.2, 0) is 0 Å². The second-order valence-corrected chi connectivity index (χ2v) is 23.1. The molecule has 0 radical (unpaired) electrons. The van der Waals surface area contributed by atoms with Gasteiger partial charge in [-0.05, 0) is 23.4 Å². The van der Waals surface area contributed by atoms with Crippen LogP contribution in [0.15, 0.2) is 42.5 Å². The fourth-order valence-corrected chi connectivity index (χ4v) is 21.5. The van der Waals surface area contributed by atoms with Crippen LogP contribution in [0.3, 0.4) is 0 Å². The second kappa shape index (κ2) is 5.65. The van der Waals surface area contributed by atoms with E-state index in [9.17, 15) is 0 Å². The van der Waals surface area contributed by atoms with Gasteiger partial charge in [0.2, 0.25) is 0 Å². The van der Waals surface area contributed by atoms with Gasteiger partial charge in [0.1, 0.15) is 0 Å². The Kier molecular flexibility index (Phi) is 4.45. The summed E-state index contributed by atoms with van der Waals surface area (Å²) in [7, 11) is -2.69. The van der Waals surface area contributed by atoms with Crippen molar-refractivity contribution in [3.8, 4) is 0 Å². The largest absolute Gasteiger partial charge is 0.0908 e. The molecule has 0 aromatic heterocycles. The quantitative estimate of drug-likeness (QED) is 0.545. The third kappa shape index (κ3) is 2.48. The lowest BCUT2D eigenvalue weighted by atomic mass is 9.97. The van der Waals surface area contributed by atoms with E-state index in [4.69, 9.17) is 0 Å². The van der Waals surface area contributed by atoms with E-state index < -0.39 is 15.2 Å². The summed E-state index contributed by atoms with van der Waals surface area (Å²) in [5, 5.41) is 1.72. The normalized spacial score (nSPS) is 30.8. The van der Waals surface area contributed by atoms with E-state index in [1.54, 1.807) is 5.19 Å². The molecule has 0 saturated carbocycles. The van der Waals surface area contributed by atoms with Crippen molar-refractivity contribution in [2.75, 3.05) is 0 Å². The zero-order valence-electron chi connectivity index (χ0n) is 14.0. The molecule has 0 nitrogen and oxygen atoms in total. The predicted octanol–water partition coefficient (Wildman–Crippen LogP) is 4.99. The lowest BCUT2D eigenvalue weighted by molar-refractivity contribution is 0.484. The molecule has 0 unspecified atom stereocenters. The molecule has 2 rings (SSSR count). The molecule has 2 heteroatoms. The van der Waals surface area contributed by atoms with E-state index in [1.807, 2.05) is 0 Å². The first-order valence-electron chi connectivity index (χ1n) is 8.03. The third-order valence-corrected chi connectivity index (χ3v) is 23.1. The van der Waals surface area contributed by atoms with Gasteiger partial charge in [-0.15, -0.1) is 0 Å². The second-order valence-electron chi connectivity index (χ2n) is 7.85. The molecule has 0 saturated heterocycles. The van der Waals surface area contributed by atoms with Crippen molar-refractivity contribution in [2.24, 2.45) is 11.8 Å². The summed E-state index contributed by atoms with van der Waals surface area (Å²) >= 11 is 0. The Morgan fingerprint density at radius 3 is 2.20 bits per heavy atom. The Morgan fingerprint density at radius 1 is 1.10 bits per heavy atom. The van der Waals surface area contributed by atoms with Gasteiger partial charge in [0.25, 0.3) is 0 Å². The first kappa shape index (κ1) is 15.8. The molecular formula is C18H30Si2. The molecule has 0 bridgehead atoms. The van der Waals surface area contributed by atoms with Crippen LogP contribution in [0.1, 0.15) is 20.8 Å². The average molecular weight is 303 g/mol. The summed E-state index contributed by atoms with van der Waals surface area (Å²) in [6.45, 7) is 15.2. The Balaban J connectivity index is 2.66. The van der Waals surface area contributed by atoms with Gasteiger partial charge in [-0.1, -0.05) is 88.1 Å². The van der Waals surface area contributed by atoms with Crippen molar-refractivity contribution in [2.45, 2.75) is 52.0 Å². The molecule has 1 aliphatic heterocycles. The summed E-state index contributed by atoms with van der Waals surface area (Å²) < 4.78 is 0. The maximum Gasteiger partial charge on any atom is 0.0870 e. The van der Waals surface area contributed by atoms with Crippen molar-refractivity contribution in [1.29, 1.82) is 0 Å². The number of allylic oxidation sites excluding steroid dienone is 2. The van der Waals surface area contributed by atoms with Crippen molar-refractivity contribution >= 4 is 20.4 Å². The number of rotatable bonds is 3. The fourth-order valence-electron chi connectivity index (χ4n) is 4.63. The molecule has 1 heterocycles. The zero-order valence-corrected chi connectivity index (χ0v) is 16.0. The number of benzene rings is 1. The highest BCUT2D eigenvalue weighted by molar-refractivity contribution is 7.46. The zero-order chi connectivity index (χ0) is 15.0. The maximum absolute atomic E-state index is 2.62. The van der Waals surface area contributed by atoms with Crippen LogP contribution in [0, 0.1) is 11.8 Å². The monoisotopic (exact) mass is 302 g/mol. The van der Waals surface area contributed by atoms with Crippen LogP contribution in [0.2, 0.25) is 31.2 Å². The topological polar surface area (TPSA) is 0 Å². The summed E-state index contributed by atoms with van der Waals surface area (Å²) in [4.78, 5) is 0. The van der Waals surface area contributed by atoms with E-state index in [0.717, 1.165) is 17.4 Å². The highest BCUT2D eigenvalue weighted by Gasteiger charge is 2.54. The van der Waals surface area contributed by atoms with Gasteiger partial charge in [-0.2, -0.15) is 0 Å². The Labute approximate surface area is 127 Å². The van der Waals surface area contributed by atoms with E-state index in [0.29, 0.717) is 0 Å². The van der Waals surface area contributed by atoms with Gasteiger partial charge >= 0.3 is 0 Å². The molecule has 1 aromatic rings. The highest BCUT2D eigenvalue weighted by atomic mass is 29.3. The van der Waals surface area contributed by atoms with Crippen LogP contribution < -0.4 is 5.19 Å². The van der Waals surface area contributed by atoms with E-state index >= 15 is 0 Å². The lowest BCUT2D eigenvalue weighted by Gasteiger charge is -2.53. The van der Waals surface area contributed by atoms with Gasteiger partial charge < -0.3 is 0 Å². The van der Waals surface area contributed by atoms with Crippen LogP contribution >= 0.6 is 0 Å². The molecule has 0 spiro atoms. The summed E-state index contributed by atoms with van der Waals surface area (Å²) in [5.41, 5.74) is 0.890. The third-order valence-electron chi connectivity index (χ3n) is 5.36.